The summed E-state index contributed by atoms with van der Waals surface area (Å²) < 4.78 is 20.9. The third kappa shape index (κ3) is 4.32. The van der Waals surface area contributed by atoms with Crippen LogP contribution < -0.4 is 4.74 Å². The first-order chi connectivity index (χ1) is 14.1. The van der Waals surface area contributed by atoms with Crippen molar-refractivity contribution in [1.29, 1.82) is 0 Å². The zero-order chi connectivity index (χ0) is 20.2. The summed E-state index contributed by atoms with van der Waals surface area (Å²) in [4.78, 5) is 0. The highest BCUT2D eigenvalue weighted by atomic mass is 32.2. The molecule has 6 heteroatoms. The molecule has 4 nitrogen and oxygen atoms in total. The van der Waals surface area contributed by atoms with Gasteiger partial charge >= 0.3 is 0 Å². The average molecular weight is 405 g/mol. The van der Waals surface area contributed by atoms with E-state index in [4.69, 9.17) is 4.74 Å². The number of nitrogens with zero attached hydrogens (tertiary/aromatic N) is 3. The number of benzene rings is 3. The van der Waals surface area contributed by atoms with Gasteiger partial charge in [0.05, 0.1) is 7.11 Å². The fraction of sp³-hybridized carbons (Fsp3) is 0.130. The van der Waals surface area contributed by atoms with Gasteiger partial charge in [-0.05, 0) is 48.9 Å². The Hall–Kier alpha value is -3.12. The van der Waals surface area contributed by atoms with Crippen molar-refractivity contribution in [3.63, 3.8) is 0 Å². The second-order valence-corrected chi connectivity index (χ2v) is 7.57. The van der Waals surface area contributed by atoms with E-state index >= 15 is 0 Å². The number of ether oxygens (including phenoxy) is 1. The number of halogens is 1. The van der Waals surface area contributed by atoms with Crippen LogP contribution in [-0.2, 0) is 5.75 Å². The summed E-state index contributed by atoms with van der Waals surface area (Å²) in [6.07, 6.45) is 0. The molecule has 0 unspecified atom stereocenters. The van der Waals surface area contributed by atoms with Crippen LogP contribution in [0.15, 0.2) is 78.0 Å². The van der Waals surface area contributed by atoms with Gasteiger partial charge in [0.2, 0.25) is 0 Å². The third-order valence-electron chi connectivity index (χ3n) is 4.51. The van der Waals surface area contributed by atoms with Crippen molar-refractivity contribution in [2.45, 2.75) is 17.8 Å². The quantitative estimate of drug-likeness (QED) is 0.387. The molecule has 0 saturated carbocycles. The number of aryl methyl sites for hydroxylation is 1. The average Bonchev–Trinajstić information content (AvgIpc) is 3.17. The molecule has 0 saturated heterocycles. The van der Waals surface area contributed by atoms with Crippen LogP contribution in [0, 0.1) is 12.7 Å². The maximum absolute atomic E-state index is 13.5. The first-order valence-corrected chi connectivity index (χ1v) is 10.2. The molecule has 0 N–H and O–H groups in total. The van der Waals surface area contributed by atoms with E-state index < -0.39 is 0 Å². The largest absolute Gasteiger partial charge is 0.497 e. The lowest BCUT2D eigenvalue weighted by atomic mass is 10.2. The molecule has 0 atom stereocenters. The Labute approximate surface area is 173 Å². The monoisotopic (exact) mass is 405 g/mol. The molecule has 0 radical (unpaired) electrons. The molecule has 146 valence electrons. The molecule has 0 spiro atoms. The van der Waals surface area contributed by atoms with Crippen LogP contribution in [-0.4, -0.2) is 21.9 Å². The normalized spacial score (nSPS) is 10.9. The highest BCUT2D eigenvalue weighted by molar-refractivity contribution is 7.98. The fourth-order valence-corrected chi connectivity index (χ4v) is 3.91. The maximum Gasteiger partial charge on any atom is 0.196 e. The molecule has 4 aromatic rings. The molecule has 1 aromatic heterocycles. The summed E-state index contributed by atoms with van der Waals surface area (Å²) in [5, 5.41) is 9.62. The topological polar surface area (TPSA) is 39.9 Å². The summed E-state index contributed by atoms with van der Waals surface area (Å²) in [6, 6.07) is 22.6. The van der Waals surface area contributed by atoms with Gasteiger partial charge < -0.3 is 4.74 Å². The maximum atomic E-state index is 13.5. The number of hydrogen-bond acceptors (Lipinski definition) is 4. The Morgan fingerprint density at radius 3 is 2.52 bits per heavy atom. The van der Waals surface area contributed by atoms with E-state index in [1.807, 2.05) is 34.9 Å². The summed E-state index contributed by atoms with van der Waals surface area (Å²) in [6.45, 7) is 2.05. The Balaban J connectivity index is 1.74. The number of aromatic nitrogens is 3. The zero-order valence-corrected chi connectivity index (χ0v) is 17.0. The van der Waals surface area contributed by atoms with Gasteiger partial charge in [-0.25, -0.2) is 4.39 Å². The van der Waals surface area contributed by atoms with Crippen molar-refractivity contribution in [2.75, 3.05) is 7.11 Å². The van der Waals surface area contributed by atoms with Crippen molar-refractivity contribution in [3.05, 3.63) is 89.7 Å². The van der Waals surface area contributed by atoms with Gasteiger partial charge in [-0.2, -0.15) is 0 Å². The second kappa shape index (κ2) is 8.49. The standard InChI is InChI=1S/C23H20FN3OS/c1-16-9-11-20(12-10-16)27-22(18-6-4-8-21(14-18)28-2)25-26-23(27)29-15-17-5-3-7-19(24)13-17/h3-14H,15H2,1-2H3. The Morgan fingerprint density at radius 2 is 1.76 bits per heavy atom. The minimum absolute atomic E-state index is 0.236. The van der Waals surface area contributed by atoms with Crippen molar-refractivity contribution in [1.82, 2.24) is 14.8 Å². The van der Waals surface area contributed by atoms with Gasteiger partial charge in [-0.15, -0.1) is 10.2 Å². The van der Waals surface area contributed by atoms with E-state index in [0.29, 0.717) is 5.75 Å². The smallest absolute Gasteiger partial charge is 0.196 e. The number of methoxy groups -OCH3 is 1. The molecule has 0 bridgehead atoms. The minimum atomic E-state index is -0.236. The predicted molar refractivity (Wildman–Crippen MR) is 114 cm³/mol. The van der Waals surface area contributed by atoms with Crippen LogP contribution in [0.2, 0.25) is 0 Å². The van der Waals surface area contributed by atoms with Gasteiger partial charge in [-0.3, -0.25) is 4.57 Å². The summed E-state index contributed by atoms with van der Waals surface area (Å²) in [5.74, 6) is 1.85. The molecule has 3 aromatic carbocycles. The zero-order valence-electron chi connectivity index (χ0n) is 16.2. The lowest BCUT2D eigenvalue weighted by molar-refractivity contribution is 0.415. The second-order valence-electron chi connectivity index (χ2n) is 6.63. The van der Waals surface area contributed by atoms with Crippen molar-refractivity contribution < 1.29 is 9.13 Å². The summed E-state index contributed by atoms with van der Waals surface area (Å²) in [7, 11) is 1.64. The van der Waals surface area contributed by atoms with Gasteiger partial charge in [-0.1, -0.05) is 53.7 Å². The van der Waals surface area contributed by atoms with E-state index in [1.165, 1.54) is 23.4 Å². The first-order valence-electron chi connectivity index (χ1n) is 9.18. The molecule has 29 heavy (non-hydrogen) atoms. The molecule has 0 aliphatic rings. The van der Waals surface area contributed by atoms with Crippen molar-refractivity contribution >= 4 is 11.8 Å². The van der Waals surface area contributed by atoms with Crippen LogP contribution >= 0.6 is 11.8 Å². The van der Waals surface area contributed by atoms with Gasteiger partial charge in [0, 0.05) is 17.0 Å². The molecular formula is C23H20FN3OS. The number of hydrogen-bond donors (Lipinski definition) is 0. The van der Waals surface area contributed by atoms with E-state index in [0.717, 1.165) is 33.5 Å². The minimum Gasteiger partial charge on any atom is -0.497 e. The van der Waals surface area contributed by atoms with Crippen LogP contribution in [0.4, 0.5) is 4.39 Å². The Bertz CT molecular complexity index is 1130. The van der Waals surface area contributed by atoms with Crippen LogP contribution in [0.5, 0.6) is 5.75 Å². The lowest BCUT2D eigenvalue weighted by Crippen LogP contribution is -2.00. The lowest BCUT2D eigenvalue weighted by Gasteiger charge is -2.11. The van der Waals surface area contributed by atoms with Crippen molar-refractivity contribution in [3.8, 4) is 22.8 Å². The molecule has 1 heterocycles. The Kier molecular flexibility index (Phi) is 5.62. The van der Waals surface area contributed by atoms with Gasteiger partial charge in [0.25, 0.3) is 0 Å². The SMILES string of the molecule is COc1cccc(-c2nnc(SCc3cccc(F)c3)n2-c2ccc(C)cc2)c1. The molecule has 0 fully saturated rings. The van der Waals surface area contributed by atoms with Crippen LogP contribution in [0.3, 0.4) is 0 Å². The number of rotatable bonds is 6. The van der Waals surface area contributed by atoms with Crippen LogP contribution in [0.1, 0.15) is 11.1 Å². The van der Waals surface area contributed by atoms with E-state index in [1.54, 1.807) is 19.2 Å². The van der Waals surface area contributed by atoms with E-state index in [2.05, 4.69) is 41.4 Å². The van der Waals surface area contributed by atoms with E-state index in [9.17, 15) is 4.39 Å². The molecule has 0 amide bonds. The van der Waals surface area contributed by atoms with Gasteiger partial charge in [0.15, 0.2) is 11.0 Å². The Morgan fingerprint density at radius 1 is 0.966 bits per heavy atom. The summed E-state index contributed by atoms with van der Waals surface area (Å²) >= 11 is 1.52. The van der Waals surface area contributed by atoms with Crippen molar-refractivity contribution in [2.24, 2.45) is 0 Å². The number of thioether (sulfide) groups is 1. The van der Waals surface area contributed by atoms with Gasteiger partial charge in [0.1, 0.15) is 11.6 Å². The molecule has 4 rings (SSSR count). The predicted octanol–water partition coefficient (Wildman–Crippen LogP) is 5.68. The van der Waals surface area contributed by atoms with E-state index in [-0.39, 0.29) is 5.82 Å². The third-order valence-corrected chi connectivity index (χ3v) is 5.51. The highest BCUT2D eigenvalue weighted by Crippen LogP contribution is 2.31. The first kappa shape index (κ1) is 19.2. The summed E-state index contributed by atoms with van der Waals surface area (Å²) in [5.41, 5.74) is 3.96. The molecular weight excluding hydrogens is 385 g/mol. The molecule has 0 aliphatic heterocycles. The van der Waals surface area contributed by atoms with Crippen LogP contribution in [0.25, 0.3) is 17.1 Å². The molecule has 0 aliphatic carbocycles. The fourth-order valence-electron chi connectivity index (χ4n) is 3.01. The highest BCUT2D eigenvalue weighted by Gasteiger charge is 2.17.